The third kappa shape index (κ3) is 2.12. The van der Waals surface area contributed by atoms with Crippen LogP contribution >= 0.6 is 12.0 Å². The highest BCUT2D eigenvalue weighted by atomic mass is 32.2. The molecule has 0 aromatic rings. The summed E-state index contributed by atoms with van der Waals surface area (Å²) in [5.41, 5.74) is -0.479. The summed E-state index contributed by atoms with van der Waals surface area (Å²) < 4.78 is 40.7. The smallest absolute Gasteiger partial charge is 0.415 e. The molecule has 3 rings (SSSR count). The summed E-state index contributed by atoms with van der Waals surface area (Å²) in [6, 6.07) is 0. The third-order valence-corrected chi connectivity index (χ3v) is 5.51. The first-order valence-corrected chi connectivity index (χ1v) is 7.39. The molecule has 5 atom stereocenters. The van der Waals surface area contributed by atoms with Crippen LogP contribution < -0.4 is 0 Å². The molecule has 22 heavy (non-hydrogen) atoms. The maximum Gasteiger partial charge on any atom is 0.415 e. The van der Waals surface area contributed by atoms with Crippen LogP contribution in [0.15, 0.2) is 0 Å². The maximum atomic E-state index is 13.5. The van der Waals surface area contributed by atoms with Gasteiger partial charge in [-0.1, -0.05) is 18.9 Å². The molecule has 1 aliphatic heterocycles. The highest BCUT2D eigenvalue weighted by Gasteiger charge is 2.71. The van der Waals surface area contributed by atoms with Gasteiger partial charge in [-0.2, -0.15) is 8.78 Å². The fraction of sp³-hybridized carbons (Fsp3) is 0.833. The molecule has 1 heterocycles. The number of carbonyl (C=O) groups is 2. The molecule has 0 aromatic heterocycles. The monoisotopic (exact) mass is 340 g/mol. The van der Waals surface area contributed by atoms with Gasteiger partial charge in [0.25, 0.3) is 0 Å². The lowest BCUT2D eigenvalue weighted by atomic mass is 9.68. The highest BCUT2D eigenvalue weighted by Crippen LogP contribution is 2.64. The SMILES string of the molecule is CC1(C)C2CC3C(OC(=O)C31)C2OC(=O)C(F)(F)SOOO. The van der Waals surface area contributed by atoms with E-state index in [0.29, 0.717) is 6.42 Å². The van der Waals surface area contributed by atoms with Crippen LogP contribution in [-0.4, -0.2) is 34.7 Å². The van der Waals surface area contributed by atoms with Gasteiger partial charge >= 0.3 is 17.2 Å². The van der Waals surface area contributed by atoms with Crippen LogP contribution in [0.2, 0.25) is 0 Å². The number of ether oxygens (including phenoxy) is 2. The van der Waals surface area contributed by atoms with E-state index < -0.39 is 40.9 Å². The van der Waals surface area contributed by atoms with Crippen molar-refractivity contribution in [2.75, 3.05) is 0 Å². The van der Waals surface area contributed by atoms with Crippen molar-refractivity contribution < 1.29 is 42.5 Å². The Morgan fingerprint density at radius 1 is 1.50 bits per heavy atom. The van der Waals surface area contributed by atoms with E-state index in [2.05, 4.69) is 9.37 Å². The van der Waals surface area contributed by atoms with E-state index in [1.807, 2.05) is 13.8 Å². The van der Waals surface area contributed by atoms with Gasteiger partial charge in [0, 0.05) is 11.8 Å². The van der Waals surface area contributed by atoms with Crippen LogP contribution in [-0.2, 0) is 28.4 Å². The zero-order valence-electron chi connectivity index (χ0n) is 11.7. The third-order valence-electron chi connectivity index (χ3n) is 5.01. The van der Waals surface area contributed by atoms with Crippen LogP contribution in [0, 0.1) is 23.2 Å². The summed E-state index contributed by atoms with van der Waals surface area (Å²) in [5, 5.41) is 6.87. The lowest BCUT2D eigenvalue weighted by molar-refractivity contribution is -0.433. The summed E-state index contributed by atoms with van der Waals surface area (Å²) in [4.78, 5) is 23.5. The Morgan fingerprint density at radius 3 is 2.82 bits per heavy atom. The van der Waals surface area contributed by atoms with Crippen LogP contribution in [0.5, 0.6) is 0 Å². The summed E-state index contributed by atoms with van der Waals surface area (Å²) in [5.74, 6) is -2.80. The molecular weight excluding hydrogens is 326 g/mol. The second-order valence-electron chi connectivity index (χ2n) is 6.32. The summed E-state index contributed by atoms with van der Waals surface area (Å²) in [6.07, 6.45) is -0.979. The zero-order valence-corrected chi connectivity index (χ0v) is 12.5. The van der Waals surface area contributed by atoms with Gasteiger partial charge in [-0.05, 0) is 11.8 Å². The van der Waals surface area contributed by atoms with Crippen molar-refractivity contribution in [3.05, 3.63) is 0 Å². The molecule has 124 valence electrons. The van der Waals surface area contributed by atoms with E-state index >= 15 is 0 Å². The van der Waals surface area contributed by atoms with Gasteiger partial charge < -0.3 is 9.47 Å². The number of esters is 2. The maximum absolute atomic E-state index is 13.5. The molecule has 3 fully saturated rings. The Balaban J connectivity index is 1.74. The minimum absolute atomic E-state index is 0.108. The van der Waals surface area contributed by atoms with Crippen molar-refractivity contribution >= 4 is 24.0 Å². The number of hydrogen-bond donors (Lipinski definition) is 1. The average molecular weight is 340 g/mol. The van der Waals surface area contributed by atoms with Gasteiger partial charge in [0.15, 0.2) is 0 Å². The average Bonchev–Trinajstić information content (AvgIpc) is 2.99. The number of rotatable bonds is 5. The molecule has 2 saturated carbocycles. The van der Waals surface area contributed by atoms with Crippen molar-refractivity contribution in [3.63, 3.8) is 0 Å². The van der Waals surface area contributed by atoms with E-state index in [9.17, 15) is 18.4 Å². The summed E-state index contributed by atoms with van der Waals surface area (Å²) in [7, 11) is 0. The minimum atomic E-state index is -4.06. The molecule has 3 aliphatic rings. The van der Waals surface area contributed by atoms with Gasteiger partial charge in [0.1, 0.15) is 24.3 Å². The number of fused-ring (bicyclic) bond motifs is 1. The minimum Gasteiger partial charge on any atom is -0.458 e. The first kappa shape index (κ1) is 15.9. The van der Waals surface area contributed by atoms with Gasteiger partial charge in [-0.3, -0.25) is 4.79 Å². The summed E-state index contributed by atoms with van der Waals surface area (Å²) >= 11 is -0.678. The molecule has 0 spiro atoms. The lowest BCUT2D eigenvalue weighted by Crippen LogP contribution is -2.46. The largest absolute Gasteiger partial charge is 0.458 e. The Bertz CT molecular complexity index is 512. The first-order valence-electron chi connectivity index (χ1n) is 6.65. The Kier molecular flexibility index (Phi) is 3.63. The van der Waals surface area contributed by atoms with Crippen molar-refractivity contribution in [3.8, 4) is 0 Å². The predicted octanol–water partition coefficient (Wildman–Crippen LogP) is 1.78. The molecule has 1 N–H and O–H groups in total. The summed E-state index contributed by atoms with van der Waals surface area (Å²) in [6.45, 7) is 3.70. The lowest BCUT2D eigenvalue weighted by Gasteiger charge is -2.37. The van der Waals surface area contributed by atoms with E-state index in [1.54, 1.807) is 0 Å². The molecule has 1 saturated heterocycles. The molecule has 0 radical (unpaired) electrons. The van der Waals surface area contributed by atoms with E-state index in [1.165, 1.54) is 0 Å². The number of hydrogen-bond acceptors (Lipinski definition) is 8. The van der Waals surface area contributed by atoms with Crippen LogP contribution in [0.1, 0.15) is 20.3 Å². The van der Waals surface area contributed by atoms with Crippen molar-refractivity contribution in [1.82, 2.24) is 0 Å². The Hall–Kier alpha value is -0.970. The predicted molar refractivity (Wildman–Crippen MR) is 66.0 cm³/mol. The molecule has 2 bridgehead atoms. The standard InChI is InChI=1S/C12H14F2O7S/c1-11(2)5-3-4-6(11)9(15)18-7(4)8(5)19-10(16)12(13,14)22-21-20-17/h4-8,17H,3H2,1-2H3. The van der Waals surface area contributed by atoms with Gasteiger partial charge in [-0.25, -0.2) is 10.1 Å². The van der Waals surface area contributed by atoms with Crippen LogP contribution in [0.25, 0.3) is 0 Å². The Labute approximate surface area is 128 Å². The van der Waals surface area contributed by atoms with Gasteiger partial charge in [0.05, 0.1) is 5.92 Å². The second kappa shape index (κ2) is 5.02. The number of carbonyl (C=O) groups excluding carboxylic acids is 2. The topological polar surface area (TPSA) is 91.3 Å². The molecule has 7 nitrogen and oxygen atoms in total. The second-order valence-corrected chi connectivity index (χ2v) is 7.13. The van der Waals surface area contributed by atoms with Crippen molar-refractivity contribution in [1.29, 1.82) is 0 Å². The molecule has 10 heteroatoms. The first-order chi connectivity index (χ1) is 10.2. The number of halogens is 2. The zero-order chi connectivity index (χ0) is 16.3. The fourth-order valence-corrected chi connectivity index (χ4v) is 4.38. The quantitative estimate of drug-likeness (QED) is 0.350. The molecule has 0 aromatic carbocycles. The highest BCUT2D eigenvalue weighted by molar-refractivity contribution is 7.96. The normalized spacial score (nSPS) is 38.2. The van der Waals surface area contributed by atoms with Gasteiger partial charge in [-0.15, -0.1) is 4.33 Å². The van der Waals surface area contributed by atoms with E-state index in [-0.39, 0.29) is 23.7 Å². The molecule has 2 aliphatic carbocycles. The van der Waals surface area contributed by atoms with Crippen LogP contribution in [0.3, 0.4) is 0 Å². The van der Waals surface area contributed by atoms with E-state index in [0.717, 1.165) is 0 Å². The fourth-order valence-electron chi connectivity index (χ4n) is 4.14. The van der Waals surface area contributed by atoms with Crippen molar-refractivity contribution in [2.24, 2.45) is 23.2 Å². The van der Waals surface area contributed by atoms with Crippen molar-refractivity contribution in [2.45, 2.75) is 37.7 Å². The molecule has 5 unspecified atom stereocenters. The number of alkyl halides is 2. The Morgan fingerprint density at radius 2 is 2.18 bits per heavy atom. The molecule has 0 amide bonds. The van der Waals surface area contributed by atoms with Crippen LogP contribution in [0.4, 0.5) is 8.78 Å². The van der Waals surface area contributed by atoms with Gasteiger partial charge in [0.2, 0.25) is 0 Å². The molecular formula is C12H14F2O7S. The van der Waals surface area contributed by atoms with E-state index in [4.69, 9.17) is 14.7 Å².